The summed E-state index contributed by atoms with van der Waals surface area (Å²) in [4.78, 5) is 29.7. The molecule has 0 bridgehead atoms. The van der Waals surface area contributed by atoms with E-state index in [0.29, 0.717) is 4.57 Å². The zero-order valence-corrected chi connectivity index (χ0v) is 24.0. The van der Waals surface area contributed by atoms with Crippen LogP contribution in [0.3, 0.4) is 0 Å². The fourth-order valence-corrected chi connectivity index (χ4v) is 4.71. The van der Waals surface area contributed by atoms with E-state index in [1.54, 1.807) is 6.07 Å². The van der Waals surface area contributed by atoms with Gasteiger partial charge in [-0.15, -0.1) is 0 Å². The molecule has 0 saturated heterocycles. The molecule has 1 atom stereocenters. The first-order valence-corrected chi connectivity index (χ1v) is 12.9. The van der Waals surface area contributed by atoms with E-state index < -0.39 is 80.8 Å². The SMILES string of the molecule is CCOC(=O)C(OC)N(c1cc(C(F)(F)F)cc(C(F)(F)F)c1Br)c1nc(C(F)(F)F)c(Cl)c(=O)n1Cc1ccccc1. The smallest absolute Gasteiger partial charge is 0.435 e. The van der Waals surface area contributed by atoms with E-state index in [4.69, 9.17) is 21.1 Å². The third kappa shape index (κ3) is 7.44. The van der Waals surface area contributed by atoms with Crippen LogP contribution in [0.2, 0.25) is 5.02 Å². The van der Waals surface area contributed by atoms with Crippen LogP contribution in [0, 0.1) is 0 Å². The summed E-state index contributed by atoms with van der Waals surface area (Å²) in [5, 5.41) is -1.45. The standard InChI is InChI=1S/C25H18BrClF9N3O4/c1-3-43-21(41)20(42-2)39(15-10-13(23(28,29)30)9-14(16(15)26)24(31,32)33)22-37-18(25(34,35)36)17(27)19(40)38(22)11-12-7-5-4-6-8-12/h4-10,20H,3,11H2,1-2H3. The van der Waals surface area contributed by atoms with Crippen molar-refractivity contribution in [2.75, 3.05) is 18.6 Å². The minimum Gasteiger partial charge on any atom is -0.463 e. The lowest BCUT2D eigenvalue weighted by molar-refractivity contribution is -0.154. The van der Waals surface area contributed by atoms with Gasteiger partial charge in [0.2, 0.25) is 12.2 Å². The molecule has 0 radical (unpaired) electrons. The number of aromatic nitrogens is 2. The minimum absolute atomic E-state index is 0.117. The van der Waals surface area contributed by atoms with Gasteiger partial charge >= 0.3 is 24.5 Å². The first-order chi connectivity index (χ1) is 19.8. The summed E-state index contributed by atoms with van der Waals surface area (Å²) in [5.74, 6) is -2.69. The molecule has 1 unspecified atom stereocenters. The van der Waals surface area contributed by atoms with Crippen molar-refractivity contribution in [3.63, 3.8) is 0 Å². The lowest BCUT2D eigenvalue weighted by Gasteiger charge is -2.33. The quantitative estimate of drug-likeness (QED) is 0.138. The average Bonchev–Trinajstić information content (AvgIpc) is 2.89. The summed E-state index contributed by atoms with van der Waals surface area (Å²) < 4.78 is 134. The lowest BCUT2D eigenvalue weighted by Crippen LogP contribution is -2.45. The molecule has 234 valence electrons. The van der Waals surface area contributed by atoms with E-state index in [0.717, 1.165) is 7.11 Å². The number of methoxy groups -OCH3 is 1. The summed E-state index contributed by atoms with van der Waals surface area (Å²) in [6, 6.07) is 7.20. The Morgan fingerprint density at radius 2 is 1.63 bits per heavy atom. The van der Waals surface area contributed by atoms with Crippen molar-refractivity contribution >= 4 is 45.1 Å². The topological polar surface area (TPSA) is 73.7 Å². The minimum atomic E-state index is -5.44. The molecule has 0 aliphatic heterocycles. The summed E-state index contributed by atoms with van der Waals surface area (Å²) in [7, 11) is 0.779. The zero-order chi connectivity index (χ0) is 32.5. The van der Waals surface area contributed by atoms with Gasteiger partial charge in [-0.1, -0.05) is 41.9 Å². The molecule has 0 fully saturated rings. The Morgan fingerprint density at radius 1 is 1.02 bits per heavy atom. The molecule has 7 nitrogen and oxygen atoms in total. The molecule has 43 heavy (non-hydrogen) atoms. The van der Waals surface area contributed by atoms with Gasteiger partial charge in [-0.05, 0) is 40.5 Å². The Bertz CT molecular complexity index is 1540. The second-order valence-electron chi connectivity index (χ2n) is 8.51. The van der Waals surface area contributed by atoms with Crippen molar-refractivity contribution in [1.82, 2.24) is 9.55 Å². The Hall–Kier alpha value is -3.31. The number of ether oxygens (including phenoxy) is 2. The van der Waals surface area contributed by atoms with Crippen molar-refractivity contribution in [2.45, 2.75) is 38.2 Å². The Morgan fingerprint density at radius 3 is 2.12 bits per heavy atom. The van der Waals surface area contributed by atoms with Gasteiger partial charge < -0.3 is 9.47 Å². The highest BCUT2D eigenvalue weighted by atomic mass is 79.9. The van der Waals surface area contributed by atoms with Crippen molar-refractivity contribution < 1.29 is 53.8 Å². The van der Waals surface area contributed by atoms with Crippen molar-refractivity contribution in [3.8, 4) is 0 Å². The van der Waals surface area contributed by atoms with Crippen molar-refractivity contribution in [1.29, 1.82) is 0 Å². The number of halogens is 11. The summed E-state index contributed by atoms with van der Waals surface area (Å²) in [5.41, 5.74) is -8.38. The number of hydrogen-bond donors (Lipinski definition) is 0. The fourth-order valence-electron chi connectivity index (χ4n) is 3.81. The third-order valence-corrected chi connectivity index (χ3v) is 6.83. The van der Waals surface area contributed by atoms with Gasteiger partial charge in [0.1, 0.15) is 5.02 Å². The van der Waals surface area contributed by atoms with Crippen LogP contribution in [-0.2, 0) is 39.3 Å². The predicted octanol–water partition coefficient (Wildman–Crippen LogP) is 7.44. The number of nitrogens with zero attached hydrogens (tertiary/aromatic N) is 3. The fraction of sp³-hybridized carbons (Fsp3) is 0.320. The van der Waals surface area contributed by atoms with Crippen LogP contribution >= 0.6 is 27.5 Å². The molecule has 0 spiro atoms. The normalized spacial score (nSPS) is 13.1. The highest BCUT2D eigenvalue weighted by Crippen LogP contribution is 2.46. The predicted molar refractivity (Wildman–Crippen MR) is 138 cm³/mol. The van der Waals surface area contributed by atoms with Crippen LogP contribution in [0.4, 0.5) is 51.1 Å². The van der Waals surface area contributed by atoms with Crippen LogP contribution in [0.5, 0.6) is 0 Å². The molecule has 0 aliphatic carbocycles. The summed E-state index contributed by atoms with van der Waals surface area (Å²) in [6.07, 6.45) is -18.7. The van der Waals surface area contributed by atoms with E-state index >= 15 is 0 Å². The first-order valence-electron chi connectivity index (χ1n) is 11.7. The second-order valence-corrected chi connectivity index (χ2v) is 9.68. The van der Waals surface area contributed by atoms with E-state index in [1.807, 2.05) is 0 Å². The van der Waals surface area contributed by atoms with Crippen molar-refractivity contribution in [3.05, 3.63) is 84.7 Å². The molecule has 2 aromatic carbocycles. The summed E-state index contributed by atoms with van der Waals surface area (Å²) in [6.45, 7) is 0.269. The molecule has 0 amide bonds. The monoisotopic (exact) mass is 709 g/mol. The molecule has 0 N–H and O–H groups in total. The third-order valence-electron chi connectivity index (χ3n) is 5.65. The van der Waals surface area contributed by atoms with Gasteiger partial charge in [0, 0.05) is 7.11 Å². The highest BCUT2D eigenvalue weighted by molar-refractivity contribution is 9.10. The first kappa shape index (κ1) is 34.2. The molecule has 1 heterocycles. The largest absolute Gasteiger partial charge is 0.463 e. The average molecular weight is 711 g/mol. The van der Waals surface area contributed by atoms with Gasteiger partial charge in [-0.2, -0.15) is 39.5 Å². The number of rotatable bonds is 8. The maximum atomic E-state index is 14.0. The number of carbonyl (C=O) groups excluding carboxylic acids is 1. The molecule has 0 saturated carbocycles. The number of carbonyl (C=O) groups is 1. The summed E-state index contributed by atoms with van der Waals surface area (Å²) >= 11 is 8.32. The molecule has 1 aromatic heterocycles. The molecule has 3 aromatic rings. The maximum Gasteiger partial charge on any atom is 0.435 e. The Balaban J connectivity index is 2.59. The number of benzene rings is 2. The number of alkyl halides is 9. The van der Waals surface area contributed by atoms with Crippen LogP contribution in [-0.4, -0.2) is 35.5 Å². The van der Waals surface area contributed by atoms with Gasteiger partial charge in [0.25, 0.3) is 5.56 Å². The number of hydrogen-bond acceptors (Lipinski definition) is 6. The van der Waals surface area contributed by atoms with Crippen LogP contribution in [0.15, 0.2) is 51.7 Å². The molecular weight excluding hydrogens is 693 g/mol. The van der Waals surface area contributed by atoms with Crippen LogP contribution in [0.1, 0.15) is 29.3 Å². The molecule has 0 aliphatic rings. The molecule has 3 rings (SSSR count). The number of anilines is 2. The van der Waals surface area contributed by atoms with Crippen LogP contribution < -0.4 is 10.5 Å². The Labute approximate surface area is 249 Å². The highest BCUT2D eigenvalue weighted by Gasteiger charge is 2.44. The van der Waals surface area contributed by atoms with Crippen LogP contribution in [0.25, 0.3) is 0 Å². The number of esters is 1. The Kier molecular flexibility index (Phi) is 10.1. The molecule has 18 heteroatoms. The second kappa shape index (κ2) is 12.7. The maximum absolute atomic E-state index is 14.0. The van der Waals surface area contributed by atoms with E-state index in [1.165, 1.54) is 31.2 Å². The van der Waals surface area contributed by atoms with E-state index in [2.05, 4.69) is 20.9 Å². The zero-order valence-electron chi connectivity index (χ0n) is 21.7. The lowest BCUT2D eigenvalue weighted by atomic mass is 10.1. The van der Waals surface area contributed by atoms with Crippen molar-refractivity contribution in [2.24, 2.45) is 0 Å². The molecular formula is C25H18BrClF9N3O4. The van der Waals surface area contributed by atoms with Gasteiger partial charge in [0.15, 0.2) is 5.69 Å². The van der Waals surface area contributed by atoms with Gasteiger partial charge in [-0.3, -0.25) is 14.3 Å². The van der Waals surface area contributed by atoms with E-state index in [-0.39, 0.29) is 29.2 Å². The van der Waals surface area contributed by atoms with Gasteiger partial charge in [-0.25, -0.2) is 9.78 Å². The van der Waals surface area contributed by atoms with Gasteiger partial charge in [0.05, 0.1) is 34.4 Å². The van der Waals surface area contributed by atoms with E-state index in [9.17, 15) is 49.1 Å².